The highest BCUT2D eigenvalue weighted by molar-refractivity contribution is 5.51. The van der Waals surface area contributed by atoms with Gasteiger partial charge in [0, 0.05) is 24.3 Å². The Labute approximate surface area is 127 Å². The van der Waals surface area contributed by atoms with Crippen LogP contribution in [0.5, 0.6) is 11.5 Å². The van der Waals surface area contributed by atoms with Crippen LogP contribution in [0, 0.1) is 30.3 Å². The fraction of sp³-hybridized carbons (Fsp3) is 0. The van der Waals surface area contributed by atoms with Crippen molar-refractivity contribution >= 4 is 17.1 Å². The number of hydrogen-bond acceptors (Lipinski definition) is 8. The number of aromatic hydroxyl groups is 2. The zero-order valence-electron chi connectivity index (χ0n) is 11.2. The van der Waals surface area contributed by atoms with Crippen LogP contribution in [-0.4, -0.2) is 25.0 Å². The molecule has 0 saturated heterocycles. The van der Waals surface area contributed by atoms with Crippen LogP contribution in [0.25, 0.3) is 0 Å². The molecule has 0 aliphatic rings. The summed E-state index contributed by atoms with van der Waals surface area (Å²) in [6.45, 7) is 0. The van der Waals surface area contributed by atoms with Crippen molar-refractivity contribution in [2.45, 2.75) is 0 Å². The summed E-state index contributed by atoms with van der Waals surface area (Å²) < 4.78 is 0. The predicted molar refractivity (Wildman–Crippen MR) is 76.2 cm³/mol. The Balaban J connectivity index is 0.000000238. The smallest absolute Gasteiger partial charge is 0.311 e. The first-order chi connectivity index (χ1) is 10.7. The van der Waals surface area contributed by atoms with Gasteiger partial charge in [-0.1, -0.05) is 0 Å². The number of non-ortho nitro benzene ring substituents is 2. The maximum absolute atomic E-state index is 10.2. The van der Waals surface area contributed by atoms with Crippen molar-refractivity contribution in [3.05, 3.63) is 72.8 Å². The molecule has 0 aliphatic heterocycles. The largest absolute Gasteiger partial charge is 0.508 e. The quantitative estimate of drug-likeness (QED) is 0.640. The highest BCUT2D eigenvalue weighted by Crippen LogP contribution is 2.29. The summed E-state index contributed by atoms with van der Waals surface area (Å²) in [6, 6.07) is 7.62. The fourth-order valence-corrected chi connectivity index (χ4v) is 1.35. The van der Waals surface area contributed by atoms with E-state index in [1.54, 1.807) is 0 Å². The summed E-state index contributed by atoms with van der Waals surface area (Å²) in [7, 11) is 0. The third-order valence-electron chi connectivity index (χ3n) is 2.43. The lowest BCUT2D eigenvalue weighted by Crippen LogP contribution is -1.91. The van der Waals surface area contributed by atoms with Gasteiger partial charge in [-0.05, 0) is 12.1 Å². The summed E-state index contributed by atoms with van der Waals surface area (Å²) in [6.07, 6.45) is 0. The maximum Gasteiger partial charge on any atom is 0.311 e. The second-order valence-corrected chi connectivity index (χ2v) is 3.96. The number of benzene rings is 2. The summed E-state index contributed by atoms with van der Waals surface area (Å²) in [5, 5.41) is 48.1. The van der Waals surface area contributed by atoms with Crippen molar-refractivity contribution in [3.63, 3.8) is 0 Å². The first kappa shape index (κ1) is 17.3. The molecule has 0 fully saturated rings. The Bertz CT molecular complexity index is 744. The van der Waals surface area contributed by atoms with Crippen molar-refractivity contribution < 1.29 is 25.0 Å². The first-order valence-electron chi connectivity index (χ1n) is 5.77. The molecule has 2 aromatic rings. The standard InChI is InChI=1S/C6H4N2O5.C6H5NO3/c9-6-3-4(7(10)11)1-2-5(6)8(12)13;8-6-3-1-5(2-4-6)7(9)10/h1-3,9H;1-4,8H. The van der Waals surface area contributed by atoms with Crippen LogP contribution in [0.15, 0.2) is 42.5 Å². The maximum atomic E-state index is 10.2. The molecule has 2 N–H and O–H groups in total. The molecule has 0 saturated carbocycles. The van der Waals surface area contributed by atoms with Crippen LogP contribution < -0.4 is 0 Å². The van der Waals surface area contributed by atoms with Gasteiger partial charge in [-0.2, -0.15) is 0 Å². The van der Waals surface area contributed by atoms with Crippen LogP contribution in [0.3, 0.4) is 0 Å². The fourth-order valence-electron chi connectivity index (χ4n) is 1.35. The monoisotopic (exact) mass is 323 g/mol. The minimum atomic E-state index is -0.820. The highest BCUT2D eigenvalue weighted by atomic mass is 16.6. The lowest BCUT2D eigenvalue weighted by Gasteiger charge is -1.94. The van der Waals surface area contributed by atoms with Gasteiger partial charge in [0.05, 0.1) is 20.8 Å². The van der Waals surface area contributed by atoms with Gasteiger partial charge in [-0.25, -0.2) is 0 Å². The van der Waals surface area contributed by atoms with Gasteiger partial charge in [0.1, 0.15) is 5.75 Å². The number of nitro benzene ring substituents is 3. The number of hydrogen-bond donors (Lipinski definition) is 2. The molecule has 0 heterocycles. The Kier molecular flexibility index (Phi) is 5.49. The lowest BCUT2D eigenvalue weighted by molar-refractivity contribution is -0.389. The third kappa shape index (κ3) is 4.93. The molecule has 2 aromatic carbocycles. The molecular formula is C12H9N3O8. The summed E-state index contributed by atoms with van der Waals surface area (Å²) in [5.74, 6) is -0.676. The Hall–Kier alpha value is -3.76. The van der Waals surface area contributed by atoms with E-state index in [0.717, 1.165) is 18.2 Å². The summed E-state index contributed by atoms with van der Waals surface area (Å²) in [5.41, 5.74) is -0.952. The van der Waals surface area contributed by atoms with E-state index in [9.17, 15) is 30.3 Å². The molecule has 0 aromatic heterocycles. The topological polar surface area (TPSA) is 170 Å². The van der Waals surface area contributed by atoms with E-state index in [1.807, 2.05) is 0 Å². The zero-order valence-corrected chi connectivity index (χ0v) is 11.2. The minimum absolute atomic E-state index is 0.0159. The highest BCUT2D eigenvalue weighted by Gasteiger charge is 2.17. The number of nitrogens with zero attached hydrogens (tertiary/aromatic N) is 3. The Morgan fingerprint density at radius 2 is 1.17 bits per heavy atom. The number of phenols is 2. The van der Waals surface area contributed by atoms with Crippen LogP contribution in [0.2, 0.25) is 0 Å². The predicted octanol–water partition coefficient (Wildman–Crippen LogP) is 2.51. The molecule has 0 radical (unpaired) electrons. The normalized spacial score (nSPS) is 9.39. The molecule has 0 spiro atoms. The van der Waals surface area contributed by atoms with Gasteiger partial charge in [-0.3, -0.25) is 30.3 Å². The SMILES string of the molecule is O=[N+]([O-])c1ccc(O)cc1.O=[N+]([O-])c1ccc([N+](=O)[O-])c(O)c1. The average Bonchev–Trinajstić information content (AvgIpc) is 2.47. The number of phenolic OH excluding ortho intramolecular Hbond substituents is 2. The van der Waals surface area contributed by atoms with E-state index >= 15 is 0 Å². The molecular weight excluding hydrogens is 314 g/mol. The van der Waals surface area contributed by atoms with Crippen molar-refractivity contribution in [1.29, 1.82) is 0 Å². The van der Waals surface area contributed by atoms with Crippen LogP contribution in [-0.2, 0) is 0 Å². The molecule has 0 atom stereocenters. The van der Waals surface area contributed by atoms with Crippen molar-refractivity contribution in [2.75, 3.05) is 0 Å². The molecule has 0 aliphatic carbocycles. The van der Waals surface area contributed by atoms with E-state index in [0.29, 0.717) is 0 Å². The van der Waals surface area contributed by atoms with Gasteiger partial charge < -0.3 is 10.2 Å². The number of rotatable bonds is 3. The van der Waals surface area contributed by atoms with Gasteiger partial charge in [0.25, 0.3) is 11.4 Å². The van der Waals surface area contributed by atoms with Gasteiger partial charge in [-0.15, -0.1) is 0 Å². The molecule has 11 nitrogen and oxygen atoms in total. The van der Waals surface area contributed by atoms with E-state index < -0.39 is 26.2 Å². The average molecular weight is 323 g/mol. The molecule has 0 amide bonds. The van der Waals surface area contributed by atoms with Gasteiger partial charge in [0.2, 0.25) is 5.75 Å². The molecule has 11 heteroatoms. The Morgan fingerprint density at radius 3 is 1.57 bits per heavy atom. The van der Waals surface area contributed by atoms with Crippen LogP contribution in [0.1, 0.15) is 0 Å². The van der Waals surface area contributed by atoms with Gasteiger partial charge in [0.15, 0.2) is 0 Å². The lowest BCUT2D eigenvalue weighted by atomic mass is 10.2. The summed E-state index contributed by atoms with van der Waals surface area (Å²) in [4.78, 5) is 28.3. The van der Waals surface area contributed by atoms with Crippen molar-refractivity contribution in [1.82, 2.24) is 0 Å². The first-order valence-corrected chi connectivity index (χ1v) is 5.77. The zero-order chi connectivity index (χ0) is 17.6. The van der Waals surface area contributed by atoms with E-state index in [4.69, 9.17) is 10.2 Å². The third-order valence-corrected chi connectivity index (χ3v) is 2.43. The molecule has 0 bridgehead atoms. The minimum Gasteiger partial charge on any atom is -0.508 e. The summed E-state index contributed by atoms with van der Waals surface area (Å²) >= 11 is 0. The number of nitro groups is 3. The van der Waals surface area contributed by atoms with Crippen LogP contribution >= 0.6 is 0 Å². The van der Waals surface area contributed by atoms with Crippen LogP contribution in [0.4, 0.5) is 17.1 Å². The molecule has 2 rings (SSSR count). The second kappa shape index (κ2) is 7.31. The van der Waals surface area contributed by atoms with Gasteiger partial charge >= 0.3 is 5.69 Å². The molecule has 120 valence electrons. The van der Waals surface area contributed by atoms with E-state index in [2.05, 4.69) is 0 Å². The molecule has 0 unspecified atom stereocenters. The Morgan fingerprint density at radius 1 is 0.696 bits per heavy atom. The van der Waals surface area contributed by atoms with E-state index in [1.165, 1.54) is 24.3 Å². The van der Waals surface area contributed by atoms with Crippen molar-refractivity contribution in [2.24, 2.45) is 0 Å². The molecule has 23 heavy (non-hydrogen) atoms. The van der Waals surface area contributed by atoms with Crippen molar-refractivity contribution in [3.8, 4) is 11.5 Å². The van der Waals surface area contributed by atoms with E-state index in [-0.39, 0.29) is 17.1 Å². The second-order valence-electron chi connectivity index (χ2n) is 3.96.